The van der Waals surface area contributed by atoms with Crippen LogP contribution in [0, 0.1) is 11.8 Å². The van der Waals surface area contributed by atoms with Crippen molar-refractivity contribution in [1.29, 1.82) is 0 Å². The van der Waals surface area contributed by atoms with E-state index in [-0.39, 0.29) is 19.0 Å². The van der Waals surface area contributed by atoms with Crippen LogP contribution in [0.3, 0.4) is 0 Å². The maximum absolute atomic E-state index is 12.9. The van der Waals surface area contributed by atoms with Crippen LogP contribution in [0.4, 0.5) is 13.2 Å². The van der Waals surface area contributed by atoms with E-state index >= 15 is 0 Å². The van der Waals surface area contributed by atoms with Crippen molar-refractivity contribution in [2.24, 2.45) is 11.8 Å². The van der Waals surface area contributed by atoms with E-state index in [0.717, 1.165) is 5.56 Å². The minimum Gasteiger partial charge on any atom is -0.481 e. The molecule has 6 nitrogen and oxygen atoms in total. The highest BCUT2D eigenvalue weighted by molar-refractivity contribution is 7.08. The summed E-state index contributed by atoms with van der Waals surface area (Å²) in [4.78, 5) is 16.5. The van der Waals surface area contributed by atoms with E-state index in [9.17, 15) is 18.0 Å². The molecule has 23 heavy (non-hydrogen) atoms. The molecular weight excluding hydrogens is 335 g/mol. The molecule has 3 rings (SSSR count). The molecule has 2 aromatic rings. The fraction of sp³-hybridized carbons (Fsp3) is 0.462. The van der Waals surface area contributed by atoms with Crippen molar-refractivity contribution in [2.45, 2.75) is 12.7 Å². The summed E-state index contributed by atoms with van der Waals surface area (Å²) in [5.41, 5.74) is 0.767. The van der Waals surface area contributed by atoms with Crippen LogP contribution in [0.15, 0.2) is 21.3 Å². The average molecular weight is 347 g/mol. The fourth-order valence-corrected chi connectivity index (χ4v) is 3.25. The molecule has 0 unspecified atom stereocenters. The first-order valence-corrected chi connectivity index (χ1v) is 7.66. The Hall–Kier alpha value is -1.94. The lowest BCUT2D eigenvalue weighted by Crippen LogP contribution is -2.33. The van der Waals surface area contributed by atoms with Crippen molar-refractivity contribution >= 4 is 17.3 Å². The third-order valence-electron chi connectivity index (χ3n) is 3.74. The van der Waals surface area contributed by atoms with E-state index in [2.05, 4.69) is 10.1 Å². The summed E-state index contributed by atoms with van der Waals surface area (Å²) in [6.07, 6.45) is -4.55. The average Bonchev–Trinajstić information content (AvgIpc) is 3.17. The molecule has 0 bridgehead atoms. The van der Waals surface area contributed by atoms with Gasteiger partial charge in [0.25, 0.3) is 0 Å². The molecule has 2 aromatic heterocycles. The quantitative estimate of drug-likeness (QED) is 0.915. The third-order valence-corrected chi connectivity index (χ3v) is 4.42. The number of thiophene rings is 1. The summed E-state index contributed by atoms with van der Waals surface area (Å²) in [5, 5.41) is 16.4. The molecule has 0 saturated carbocycles. The first-order valence-electron chi connectivity index (χ1n) is 6.71. The van der Waals surface area contributed by atoms with Crippen molar-refractivity contribution in [3.05, 3.63) is 22.7 Å². The lowest BCUT2D eigenvalue weighted by Gasteiger charge is -2.17. The SMILES string of the molecule is O=C(O)[C@@H]1CN(Cc2nc(-c3ccsc3)no2)C[C@H]1C(F)(F)F. The number of carboxylic acid groups (broad SMARTS) is 1. The zero-order chi connectivity index (χ0) is 16.6. The normalized spacial score (nSPS) is 22.6. The second kappa shape index (κ2) is 5.93. The number of nitrogens with zero attached hydrogens (tertiary/aromatic N) is 3. The van der Waals surface area contributed by atoms with Gasteiger partial charge in [-0.3, -0.25) is 9.69 Å². The molecule has 1 aliphatic rings. The van der Waals surface area contributed by atoms with Gasteiger partial charge in [0.2, 0.25) is 11.7 Å². The molecule has 124 valence electrons. The Balaban J connectivity index is 1.70. The van der Waals surface area contributed by atoms with Crippen LogP contribution in [-0.4, -0.2) is 45.4 Å². The molecule has 0 amide bonds. The number of aromatic nitrogens is 2. The number of aliphatic carboxylic acids is 1. The van der Waals surface area contributed by atoms with E-state index in [1.165, 1.54) is 16.2 Å². The lowest BCUT2D eigenvalue weighted by molar-refractivity contribution is -0.188. The molecule has 1 aliphatic heterocycles. The van der Waals surface area contributed by atoms with Gasteiger partial charge in [-0.2, -0.15) is 29.5 Å². The second-order valence-corrected chi connectivity index (χ2v) is 6.09. The number of alkyl halides is 3. The number of halogens is 3. The van der Waals surface area contributed by atoms with Crippen LogP contribution in [0.2, 0.25) is 0 Å². The standard InChI is InChI=1S/C13H12F3N3O3S/c14-13(15,16)9-4-19(3-8(9)12(20)21)5-10-17-11(18-22-10)7-1-2-23-6-7/h1-2,6,8-9H,3-5H2,(H,20,21)/t8-,9-/m1/s1. The highest BCUT2D eigenvalue weighted by Gasteiger charge is 2.52. The van der Waals surface area contributed by atoms with Gasteiger partial charge >= 0.3 is 12.1 Å². The monoisotopic (exact) mass is 347 g/mol. The first kappa shape index (κ1) is 15.9. The minimum atomic E-state index is -4.55. The summed E-state index contributed by atoms with van der Waals surface area (Å²) in [5.74, 6) is -4.28. The molecule has 0 radical (unpaired) electrons. The van der Waals surface area contributed by atoms with E-state index in [1.807, 2.05) is 10.8 Å². The summed E-state index contributed by atoms with van der Waals surface area (Å²) in [7, 11) is 0. The number of carbonyl (C=O) groups is 1. The number of likely N-dealkylation sites (tertiary alicyclic amines) is 1. The van der Waals surface area contributed by atoms with Gasteiger partial charge in [0.1, 0.15) is 0 Å². The zero-order valence-electron chi connectivity index (χ0n) is 11.7. The number of hydrogen-bond donors (Lipinski definition) is 1. The van der Waals surface area contributed by atoms with Gasteiger partial charge in [-0.1, -0.05) is 5.16 Å². The van der Waals surface area contributed by atoms with Crippen LogP contribution in [-0.2, 0) is 11.3 Å². The second-order valence-electron chi connectivity index (χ2n) is 5.31. The lowest BCUT2D eigenvalue weighted by atomic mass is 9.96. The summed E-state index contributed by atoms with van der Waals surface area (Å²) in [6, 6.07) is 1.80. The Bertz CT molecular complexity index is 686. The molecular formula is C13H12F3N3O3S. The van der Waals surface area contributed by atoms with Crippen molar-refractivity contribution in [3.63, 3.8) is 0 Å². The molecule has 10 heteroatoms. The van der Waals surface area contributed by atoms with E-state index in [4.69, 9.17) is 9.63 Å². The Kier molecular flexibility index (Phi) is 4.11. The number of hydrogen-bond acceptors (Lipinski definition) is 6. The summed E-state index contributed by atoms with van der Waals surface area (Å²) in [6.45, 7) is -0.597. The molecule has 0 spiro atoms. The van der Waals surface area contributed by atoms with Crippen molar-refractivity contribution in [1.82, 2.24) is 15.0 Å². The van der Waals surface area contributed by atoms with E-state index in [0.29, 0.717) is 5.82 Å². The largest absolute Gasteiger partial charge is 0.481 e. The van der Waals surface area contributed by atoms with Gasteiger partial charge in [0.15, 0.2) is 0 Å². The Morgan fingerprint density at radius 1 is 1.48 bits per heavy atom. The maximum Gasteiger partial charge on any atom is 0.393 e. The highest BCUT2D eigenvalue weighted by Crippen LogP contribution is 2.38. The smallest absolute Gasteiger partial charge is 0.393 e. The summed E-state index contributed by atoms with van der Waals surface area (Å²) >= 11 is 1.46. The summed E-state index contributed by atoms with van der Waals surface area (Å²) < 4.78 is 43.8. The Labute approximate surface area is 132 Å². The predicted molar refractivity (Wildman–Crippen MR) is 73.6 cm³/mol. The minimum absolute atomic E-state index is 0.00645. The van der Waals surface area contributed by atoms with Gasteiger partial charge < -0.3 is 9.63 Å². The fourth-order valence-electron chi connectivity index (χ4n) is 2.62. The van der Waals surface area contributed by atoms with Crippen molar-refractivity contribution < 1.29 is 27.6 Å². The topological polar surface area (TPSA) is 79.5 Å². The number of carboxylic acids is 1. The van der Waals surface area contributed by atoms with Crippen LogP contribution >= 0.6 is 11.3 Å². The molecule has 1 saturated heterocycles. The number of rotatable bonds is 4. The van der Waals surface area contributed by atoms with Crippen molar-refractivity contribution in [2.75, 3.05) is 13.1 Å². The van der Waals surface area contributed by atoms with E-state index < -0.39 is 30.5 Å². The van der Waals surface area contributed by atoms with Crippen LogP contribution in [0.5, 0.6) is 0 Å². The molecule has 3 heterocycles. The molecule has 0 aromatic carbocycles. The van der Waals surface area contributed by atoms with Crippen LogP contribution in [0.1, 0.15) is 5.89 Å². The van der Waals surface area contributed by atoms with Gasteiger partial charge in [0.05, 0.1) is 18.4 Å². The van der Waals surface area contributed by atoms with Crippen LogP contribution < -0.4 is 0 Å². The molecule has 1 N–H and O–H groups in total. The maximum atomic E-state index is 12.9. The highest BCUT2D eigenvalue weighted by atomic mass is 32.1. The molecule has 1 fully saturated rings. The van der Waals surface area contributed by atoms with Crippen LogP contribution in [0.25, 0.3) is 11.4 Å². The van der Waals surface area contributed by atoms with Gasteiger partial charge in [-0.05, 0) is 11.4 Å². The molecule has 0 aliphatic carbocycles. The molecule has 2 atom stereocenters. The Morgan fingerprint density at radius 3 is 2.83 bits per heavy atom. The van der Waals surface area contributed by atoms with E-state index in [1.54, 1.807) is 6.07 Å². The van der Waals surface area contributed by atoms with Crippen molar-refractivity contribution in [3.8, 4) is 11.4 Å². The Morgan fingerprint density at radius 2 is 2.26 bits per heavy atom. The van der Waals surface area contributed by atoms with Gasteiger partial charge in [-0.25, -0.2) is 0 Å². The first-order chi connectivity index (χ1) is 10.8. The van der Waals surface area contributed by atoms with Gasteiger partial charge in [-0.15, -0.1) is 0 Å². The third kappa shape index (κ3) is 3.37. The zero-order valence-corrected chi connectivity index (χ0v) is 12.5. The predicted octanol–water partition coefficient (Wildman–Crippen LogP) is 2.49. The van der Waals surface area contributed by atoms with Gasteiger partial charge in [0, 0.05) is 24.0 Å².